The van der Waals surface area contributed by atoms with Crippen molar-refractivity contribution in [2.45, 2.75) is 65.1 Å². The van der Waals surface area contributed by atoms with Crippen molar-refractivity contribution in [2.75, 3.05) is 19.7 Å². The number of ether oxygens (including phenoxy) is 1. The summed E-state index contributed by atoms with van der Waals surface area (Å²) in [6.45, 7) is 11.7. The Bertz CT molecular complexity index is 210. The zero-order valence-corrected chi connectivity index (χ0v) is 12.0. The van der Waals surface area contributed by atoms with Gasteiger partial charge in [-0.1, -0.05) is 27.2 Å². The molecule has 17 heavy (non-hydrogen) atoms. The quantitative estimate of drug-likeness (QED) is 0.776. The summed E-state index contributed by atoms with van der Waals surface area (Å²) in [7, 11) is 0. The van der Waals surface area contributed by atoms with E-state index < -0.39 is 0 Å². The maximum absolute atomic E-state index is 6.01. The van der Waals surface area contributed by atoms with Crippen LogP contribution in [-0.4, -0.2) is 42.8 Å². The SMILES string of the molecule is CCCC(C)C(CN)N1CC(C)OCC1CC. The first-order valence-corrected chi connectivity index (χ1v) is 7.21. The lowest BCUT2D eigenvalue weighted by atomic mass is 9.93. The molecule has 1 rings (SSSR count). The first kappa shape index (κ1) is 14.9. The highest BCUT2D eigenvalue weighted by Crippen LogP contribution is 2.23. The van der Waals surface area contributed by atoms with Gasteiger partial charge in [-0.05, 0) is 25.7 Å². The van der Waals surface area contributed by atoms with E-state index in [9.17, 15) is 0 Å². The maximum Gasteiger partial charge on any atom is 0.0674 e. The molecule has 2 N–H and O–H groups in total. The smallest absolute Gasteiger partial charge is 0.0674 e. The minimum atomic E-state index is 0.348. The largest absolute Gasteiger partial charge is 0.376 e. The topological polar surface area (TPSA) is 38.5 Å². The van der Waals surface area contributed by atoms with Crippen molar-refractivity contribution in [3.63, 3.8) is 0 Å². The summed E-state index contributed by atoms with van der Waals surface area (Å²) in [5.41, 5.74) is 6.01. The molecule has 0 aromatic rings. The van der Waals surface area contributed by atoms with Crippen LogP contribution in [0.1, 0.15) is 47.0 Å². The second kappa shape index (κ2) is 7.34. The lowest BCUT2D eigenvalue weighted by Gasteiger charge is -2.45. The van der Waals surface area contributed by atoms with E-state index in [2.05, 4.69) is 32.6 Å². The molecule has 0 aromatic heterocycles. The van der Waals surface area contributed by atoms with E-state index in [4.69, 9.17) is 10.5 Å². The number of hydrogen-bond donors (Lipinski definition) is 1. The van der Waals surface area contributed by atoms with Crippen LogP contribution >= 0.6 is 0 Å². The predicted molar refractivity (Wildman–Crippen MR) is 73.1 cm³/mol. The first-order chi connectivity index (χ1) is 8.13. The van der Waals surface area contributed by atoms with Gasteiger partial charge in [0.15, 0.2) is 0 Å². The fourth-order valence-corrected chi connectivity index (χ4v) is 2.97. The molecule has 4 atom stereocenters. The normalized spacial score (nSPS) is 30.2. The molecule has 0 radical (unpaired) electrons. The molecule has 1 saturated heterocycles. The minimum absolute atomic E-state index is 0.348. The van der Waals surface area contributed by atoms with E-state index in [1.165, 1.54) is 12.8 Å². The summed E-state index contributed by atoms with van der Waals surface area (Å²) in [4.78, 5) is 2.61. The van der Waals surface area contributed by atoms with Gasteiger partial charge >= 0.3 is 0 Å². The van der Waals surface area contributed by atoms with Crippen LogP contribution in [-0.2, 0) is 4.74 Å². The van der Waals surface area contributed by atoms with Crippen molar-refractivity contribution in [3.05, 3.63) is 0 Å². The second-order valence-electron chi connectivity index (χ2n) is 5.47. The third-order valence-corrected chi connectivity index (χ3v) is 4.05. The minimum Gasteiger partial charge on any atom is -0.376 e. The average molecular weight is 242 g/mol. The van der Waals surface area contributed by atoms with E-state index in [1.54, 1.807) is 0 Å². The van der Waals surface area contributed by atoms with E-state index >= 15 is 0 Å². The Morgan fingerprint density at radius 2 is 2.12 bits per heavy atom. The molecule has 0 amide bonds. The van der Waals surface area contributed by atoms with Crippen LogP contribution in [0.4, 0.5) is 0 Å². The van der Waals surface area contributed by atoms with E-state index in [-0.39, 0.29) is 0 Å². The highest BCUT2D eigenvalue weighted by atomic mass is 16.5. The molecular weight excluding hydrogens is 212 g/mol. The molecule has 1 aliphatic rings. The molecule has 0 saturated carbocycles. The zero-order chi connectivity index (χ0) is 12.8. The third kappa shape index (κ3) is 3.94. The van der Waals surface area contributed by atoms with Gasteiger partial charge in [0.1, 0.15) is 0 Å². The summed E-state index contributed by atoms with van der Waals surface area (Å²) in [6, 6.07) is 1.07. The number of rotatable bonds is 6. The Labute approximate surface area is 107 Å². The molecule has 3 heteroatoms. The van der Waals surface area contributed by atoms with Crippen molar-refractivity contribution in [1.29, 1.82) is 0 Å². The highest BCUT2D eigenvalue weighted by molar-refractivity contribution is 4.86. The fourth-order valence-electron chi connectivity index (χ4n) is 2.97. The van der Waals surface area contributed by atoms with Gasteiger partial charge in [0.25, 0.3) is 0 Å². The molecule has 3 nitrogen and oxygen atoms in total. The number of hydrogen-bond acceptors (Lipinski definition) is 3. The molecule has 0 aliphatic carbocycles. The van der Waals surface area contributed by atoms with Crippen molar-refractivity contribution in [1.82, 2.24) is 4.90 Å². The summed E-state index contributed by atoms with van der Waals surface area (Å²) < 4.78 is 5.76. The van der Waals surface area contributed by atoms with Crippen LogP contribution in [0.3, 0.4) is 0 Å². The molecular formula is C14H30N2O. The van der Waals surface area contributed by atoms with E-state index in [0.717, 1.165) is 26.1 Å². The molecule has 0 bridgehead atoms. The summed E-state index contributed by atoms with van der Waals surface area (Å²) in [5, 5.41) is 0. The van der Waals surface area contributed by atoms with Crippen molar-refractivity contribution in [3.8, 4) is 0 Å². The van der Waals surface area contributed by atoms with Gasteiger partial charge in [0, 0.05) is 25.2 Å². The Kier molecular flexibility index (Phi) is 6.45. The Hall–Kier alpha value is -0.120. The number of nitrogens with two attached hydrogens (primary N) is 1. The van der Waals surface area contributed by atoms with Gasteiger partial charge in [-0.25, -0.2) is 0 Å². The van der Waals surface area contributed by atoms with Crippen LogP contribution in [0.5, 0.6) is 0 Å². The van der Waals surface area contributed by atoms with Gasteiger partial charge in [-0.3, -0.25) is 4.90 Å². The number of nitrogens with zero attached hydrogens (tertiary/aromatic N) is 1. The van der Waals surface area contributed by atoms with E-state index in [0.29, 0.717) is 24.1 Å². The summed E-state index contributed by atoms with van der Waals surface area (Å²) in [5.74, 6) is 0.685. The van der Waals surface area contributed by atoms with Crippen LogP contribution in [0.25, 0.3) is 0 Å². The Morgan fingerprint density at radius 1 is 1.41 bits per heavy atom. The molecule has 0 aromatic carbocycles. The van der Waals surface area contributed by atoms with Gasteiger partial charge in [-0.2, -0.15) is 0 Å². The van der Waals surface area contributed by atoms with Crippen LogP contribution in [0, 0.1) is 5.92 Å². The molecule has 4 unspecified atom stereocenters. The van der Waals surface area contributed by atoms with Crippen molar-refractivity contribution >= 4 is 0 Å². The van der Waals surface area contributed by atoms with E-state index in [1.807, 2.05) is 0 Å². The first-order valence-electron chi connectivity index (χ1n) is 7.21. The van der Waals surface area contributed by atoms with Gasteiger partial charge in [0.2, 0.25) is 0 Å². The molecule has 1 fully saturated rings. The molecule has 0 spiro atoms. The standard InChI is InChI=1S/C14H30N2O/c1-5-7-11(3)14(8-15)16-9-12(4)17-10-13(16)6-2/h11-14H,5-10,15H2,1-4H3. The van der Waals surface area contributed by atoms with Gasteiger partial charge in [-0.15, -0.1) is 0 Å². The molecule has 102 valence electrons. The van der Waals surface area contributed by atoms with Crippen LogP contribution in [0.2, 0.25) is 0 Å². The predicted octanol–water partition coefficient (Wildman–Crippen LogP) is 2.25. The lowest BCUT2D eigenvalue weighted by molar-refractivity contribution is -0.0792. The van der Waals surface area contributed by atoms with Crippen molar-refractivity contribution in [2.24, 2.45) is 11.7 Å². The fraction of sp³-hybridized carbons (Fsp3) is 1.00. The monoisotopic (exact) mass is 242 g/mol. The Morgan fingerprint density at radius 3 is 2.65 bits per heavy atom. The Balaban J connectivity index is 2.68. The van der Waals surface area contributed by atoms with Crippen LogP contribution in [0.15, 0.2) is 0 Å². The highest BCUT2D eigenvalue weighted by Gasteiger charge is 2.32. The third-order valence-electron chi connectivity index (χ3n) is 4.05. The maximum atomic E-state index is 6.01. The summed E-state index contributed by atoms with van der Waals surface area (Å²) in [6.07, 6.45) is 4.01. The lowest BCUT2D eigenvalue weighted by Crippen LogP contribution is -2.57. The zero-order valence-electron chi connectivity index (χ0n) is 12.0. The van der Waals surface area contributed by atoms with Gasteiger partial charge in [0.05, 0.1) is 12.7 Å². The number of morpholine rings is 1. The molecule has 1 heterocycles. The summed E-state index contributed by atoms with van der Waals surface area (Å²) >= 11 is 0. The average Bonchev–Trinajstić information content (AvgIpc) is 2.31. The van der Waals surface area contributed by atoms with Crippen LogP contribution < -0.4 is 5.73 Å². The molecule has 1 aliphatic heterocycles. The van der Waals surface area contributed by atoms with Gasteiger partial charge < -0.3 is 10.5 Å². The van der Waals surface area contributed by atoms with Crippen molar-refractivity contribution < 1.29 is 4.74 Å². The second-order valence-corrected chi connectivity index (χ2v) is 5.47.